The largest absolute Gasteiger partial charge is 0.496 e. The average Bonchev–Trinajstić information content (AvgIpc) is 2.76. The van der Waals surface area contributed by atoms with Crippen LogP contribution in [-0.4, -0.2) is 49.0 Å². The van der Waals surface area contributed by atoms with Crippen molar-refractivity contribution in [3.05, 3.63) is 64.7 Å². The number of hydrogen-bond acceptors (Lipinski definition) is 3. The van der Waals surface area contributed by atoms with Crippen molar-refractivity contribution in [3.8, 4) is 5.75 Å². The highest BCUT2D eigenvalue weighted by Gasteiger charge is 2.38. The van der Waals surface area contributed by atoms with Crippen LogP contribution in [0.5, 0.6) is 5.75 Å². The predicted octanol–water partition coefficient (Wildman–Crippen LogP) is 4.87. The fourth-order valence-electron chi connectivity index (χ4n) is 4.73. The van der Waals surface area contributed by atoms with Crippen molar-refractivity contribution in [3.63, 3.8) is 0 Å². The van der Waals surface area contributed by atoms with Gasteiger partial charge in [-0.15, -0.1) is 0 Å². The van der Waals surface area contributed by atoms with Crippen LogP contribution in [0.1, 0.15) is 41.6 Å². The third-order valence-corrected chi connectivity index (χ3v) is 6.90. The van der Waals surface area contributed by atoms with Gasteiger partial charge in [0, 0.05) is 24.7 Å². The van der Waals surface area contributed by atoms with E-state index in [-0.39, 0.29) is 5.91 Å². The van der Waals surface area contributed by atoms with Crippen LogP contribution < -0.4 is 4.74 Å². The summed E-state index contributed by atoms with van der Waals surface area (Å²) in [5.74, 6) is 0.620. The molecule has 29 heavy (non-hydrogen) atoms. The highest BCUT2D eigenvalue weighted by molar-refractivity contribution is 6.31. The van der Waals surface area contributed by atoms with Crippen molar-refractivity contribution in [1.82, 2.24) is 9.80 Å². The molecule has 2 saturated heterocycles. The summed E-state index contributed by atoms with van der Waals surface area (Å²) in [4.78, 5) is 17.6. The van der Waals surface area contributed by atoms with E-state index < -0.39 is 0 Å². The number of carbonyl (C=O) groups excluding carboxylic acids is 1. The Bertz CT molecular complexity index is 837. The van der Waals surface area contributed by atoms with E-state index in [1.165, 1.54) is 18.4 Å². The van der Waals surface area contributed by atoms with Crippen LogP contribution in [0.15, 0.2) is 48.5 Å². The smallest absolute Gasteiger partial charge is 0.257 e. The lowest BCUT2D eigenvalue weighted by Gasteiger charge is -2.47. The first-order chi connectivity index (χ1) is 14.1. The Balaban J connectivity index is 1.33. The topological polar surface area (TPSA) is 32.8 Å². The van der Waals surface area contributed by atoms with Gasteiger partial charge in [-0.3, -0.25) is 9.69 Å². The molecule has 1 amide bonds. The number of rotatable bonds is 4. The molecule has 0 unspecified atom stereocenters. The van der Waals surface area contributed by atoms with E-state index in [1.807, 2.05) is 4.90 Å². The molecule has 2 aromatic rings. The van der Waals surface area contributed by atoms with Crippen molar-refractivity contribution in [2.75, 3.05) is 33.3 Å². The summed E-state index contributed by atoms with van der Waals surface area (Å²) in [6, 6.07) is 16.0. The number of amides is 1. The summed E-state index contributed by atoms with van der Waals surface area (Å²) in [6.07, 6.45) is 4.62. The molecule has 2 aliphatic rings. The quantitative estimate of drug-likeness (QED) is 0.718. The second-order valence-electron chi connectivity index (χ2n) is 8.40. The SMILES string of the molecule is COc1ccc(Cl)cc1C(=O)N1CCC2(CCN(Cc3ccccc3)CC2)CC1. The molecule has 0 radical (unpaired) electrons. The van der Waals surface area contributed by atoms with E-state index in [1.54, 1.807) is 25.3 Å². The van der Waals surface area contributed by atoms with E-state index in [9.17, 15) is 4.79 Å². The van der Waals surface area contributed by atoms with Gasteiger partial charge < -0.3 is 9.64 Å². The first-order valence-corrected chi connectivity index (χ1v) is 10.9. The molecule has 0 saturated carbocycles. The first kappa shape index (κ1) is 20.2. The molecule has 4 nitrogen and oxygen atoms in total. The predicted molar refractivity (Wildman–Crippen MR) is 117 cm³/mol. The summed E-state index contributed by atoms with van der Waals surface area (Å²) < 4.78 is 5.37. The molecule has 4 rings (SSSR count). The highest BCUT2D eigenvalue weighted by Crippen LogP contribution is 2.42. The van der Waals surface area contributed by atoms with Gasteiger partial charge in [0.15, 0.2) is 0 Å². The summed E-state index contributed by atoms with van der Waals surface area (Å²) in [5, 5.41) is 0.563. The van der Waals surface area contributed by atoms with Crippen LogP contribution >= 0.6 is 11.6 Å². The fourth-order valence-corrected chi connectivity index (χ4v) is 4.90. The van der Waals surface area contributed by atoms with Crippen molar-refractivity contribution in [2.24, 2.45) is 5.41 Å². The minimum atomic E-state index is 0.0284. The molecule has 2 aliphatic heterocycles. The van der Waals surface area contributed by atoms with E-state index in [0.717, 1.165) is 45.6 Å². The Kier molecular flexibility index (Phi) is 6.12. The van der Waals surface area contributed by atoms with Crippen LogP contribution in [0.3, 0.4) is 0 Å². The number of nitrogens with zero attached hydrogens (tertiary/aromatic N) is 2. The zero-order valence-corrected chi connectivity index (χ0v) is 17.8. The molecule has 0 aliphatic carbocycles. The van der Waals surface area contributed by atoms with Gasteiger partial charge in [-0.2, -0.15) is 0 Å². The molecule has 2 heterocycles. The van der Waals surface area contributed by atoms with Crippen molar-refractivity contribution < 1.29 is 9.53 Å². The molecule has 0 aromatic heterocycles. The minimum Gasteiger partial charge on any atom is -0.496 e. The number of methoxy groups -OCH3 is 1. The Labute approximate surface area is 178 Å². The number of hydrogen-bond donors (Lipinski definition) is 0. The molecule has 5 heteroatoms. The van der Waals surface area contributed by atoms with Gasteiger partial charge >= 0.3 is 0 Å². The van der Waals surface area contributed by atoms with Gasteiger partial charge in [-0.1, -0.05) is 41.9 Å². The fraction of sp³-hybridized carbons (Fsp3) is 0.458. The highest BCUT2D eigenvalue weighted by atomic mass is 35.5. The van der Waals surface area contributed by atoms with Crippen LogP contribution in [-0.2, 0) is 6.54 Å². The maximum atomic E-state index is 13.0. The summed E-state index contributed by atoms with van der Waals surface area (Å²) >= 11 is 6.11. The zero-order valence-electron chi connectivity index (χ0n) is 17.1. The van der Waals surface area contributed by atoms with Crippen LogP contribution in [0.25, 0.3) is 0 Å². The number of likely N-dealkylation sites (tertiary alicyclic amines) is 2. The number of ether oxygens (including phenoxy) is 1. The lowest BCUT2D eigenvalue weighted by Crippen LogP contribution is -2.48. The van der Waals surface area contributed by atoms with E-state index in [0.29, 0.717) is 21.8 Å². The van der Waals surface area contributed by atoms with Gasteiger partial charge in [-0.25, -0.2) is 0 Å². The number of piperidine rings is 2. The molecule has 0 N–H and O–H groups in total. The molecule has 154 valence electrons. The monoisotopic (exact) mass is 412 g/mol. The number of carbonyl (C=O) groups is 1. The molecular weight excluding hydrogens is 384 g/mol. The molecule has 0 bridgehead atoms. The molecule has 2 fully saturated rings. The summed E-state index contributed by atoms with van der Waals surface area (Å²) in [6.45, 7) is 4.95. The van der Waals surface area contributed by atoms with Crippen LogP contribution in [0.4, 0.5) is 0 Å². The van der Waals surface area contributed by atoms with E-state index in [2.05, 4.69) is 35.2 Å². The Morgan fingerprint density at radius 3 is 2.31 bits per heavy atom. The van der Waals surface area contributed by atoms with Crippen LogP contribution in [0.2, 0.25) is 5.02 Å². The van der Waals surface area contributed by atoms with Gasteiger partial charge in [0.05, 0.1) is 12.7 Å². The van der Waals surface area contributed by atoms with Crippen molar-refractivity contribution in [1.29, 1.82) is 0 Å². The summed E-state index contributed by atoms with van der Waals surface area (Å²) in [7, 11) is 1.59. The maximum absolute atomic E-state index is 13.0. The maximum Gasteiger partial charge on any atom is 0.257 e. The van der Waals surface area contributed by atoms with Gasteiger partial charge in [0.2, 0.25) is 0 Å². The normalized spacial score (nSPS) is 19.3. The third kappa shape index (κ3) is 4.59. The second-order valence-corrected chi connectivity index (χ2v) is 8.83. The van der Waals surface area contributed by atoms with Gasteiger partial charge in [0.25, 0.3) is 5.91 Å². The standard InChI is InChI=1S/C24H29ClN2O2/c1-29-22-8-7-20(25)17-21(22)23(28)27-15-11-24(12-16-27)9-13-26(14-10-24)18-19-5-3-2-4-6-19/h2-8,17H,9-16,18H2,1H3. The molecule has 2 aromatic carbocycles. The molecular formula is C24H29ClN2O2. The van der Waals surface area contributed by atoms with E-state index in [4.69, 9.17) is 16.3 Å². The minimum absolute atomic E-state index is 0.0284. The Morgan fingerprint density at radius 1 is 1.00 bits per heavy atom. The average molecular weight is 413 g/mol. The second kappa shape index (κ2) is 8.76. The molecule has 1 spiro atoms. The van der Waals surface area contributed by atoms with Crippen molar-refractivity contribution >= 4 is 17.5 Å². The Hall–Kier alpha value is -2.04. The summed E-state index contributed by atoms with van der Waals surface area (Å²) in [5.41, 5.74) is 2.34. The molecule has 0 atom stereocenters. The zero-order chi connectivity index (χ0) is 20.3. The number of halogens is 1. The van der Waals surface area contributed by atoms with Gasteiger partial charge in [0.1, 0.15) is 5.75 Å². The van der Waals surface area contributed by atoms with E-state index >= 15 is 0 Å². The van der Waals surface area contributed by atoms with Gasteiger partial charge in [-0.05, 0) is 68.0 Å². The van der Waals surface area contributed by atoms with Crippen LogP contribution in [0, 0.1) is 5.41 Å². The lowest BCUT2D eigenvalue weighted by molar-refractivity contribution is 0.0283. The number of benzene rings is 2. The van der Waals surface area contributed by atoms with Crippen molar-refractivity contribution in [2.45, 2.75) is 32.2 Å². The lowest BCUT2D eigenvalue weighted by atomic mass is 9.71. The third-order valence-electron chi connectivity index (χ3n) is 6.67. The first-order valence-electron chi connectivity index (χ1n) is 10.5. The Morgan fingerprint density at radius 2 is 1.66 bits per heavy atom.